The third-order valence-corrected chi connectivity index (χ3v) is 6.15. The van der Waals surface area contributed by atoms with Crippen LogP contribution in [0, 0.1) is 0 Å². The number of hydrogen-bond donors (Lipinski definition) is 1. The van der Waals surface area contributed by atoms with Crippen molar-refractivity contribution in [3.8, 4) is 0 Å². The number of aromatic nitrogens is 1. The molecule has 1 aliphatic rings. The Morgan fingerprint density at radius 2 is 1.86 bits per heavy atom. The number of hydrogen-bond acceptors (Lipinski definition) is 5. The lowest BCUT2D eigenvalue weighted by molar-refractivity contribution is -0.122. The van der Waals surface area contributed by atoms with Gasteiger partial charge in [0.25, 0.3) is 0 Å². The molecule has 2 heterocycles. The van der Waals surface area contributed by atoms with E-state index in [4.69, 9.17) is 16.6 Å². The van der Waals surface area contributed by atoms with E-state index in [0.29, 0.717) is 18.1 Å². The van der Waals surface area contributed by atoms with Crippen molar-refractivity contribution in [3.05, 3.63) is 50.9 Å². The molecule has 0 spiro atoms. The van der Waals surface area contributed by atoms with Crippen LogP contribution < -0.4 is 5.32 Å². The molecule has 28 heavy (non-hydrogen) atoms. The molecule has 1 aliphatic heterocycles. The molecule has 0 unspecified atom stereocenters. The van der Waals surface area contributed by atoms with Gasteiger partial charge in [0, 0.05) is 48.5 Å². The van der Waals surface area contributed by atoms with Crippen molar-refractivity contribution in [2.45, 2.75) is 39.3 Å². The minimum absolute atomic E-state index is 0.0445. The molecule has 152 valence electrons. The Kier molecular flexibility index (Phi) is 7.10. The number of piperazine rings is 1. The van der Waals surface area contributed by atoms with Gasteiger partial charge in [0.2, 0.25) is 5.91 Å². The van der Waals surface area contributed by atoms with Crippen molar-refractivity contribution in [1.82, 2.24) is 20.1 Å². The molecule has 1 N–H and O–H groups in total. The molecule has 1 saturated heterocycles. The topological polar surface area (TPSA) is 48.5 Å². The maximum atomic E-state index is 12.2. The van der Waals surface area contributed by atoms with Crippen molar-refractivity contribution in [2.24, 2.45) is 0 Å². The third-order valence-electron chi connectivity index (χ3n) is 4.95. The zero-order chi connectivity index (χ0) is 20.1. The molecule has 2 aromatic rings. The van der Waals surface area contributed by atoms with Gasteiger partial charge >= 0.3 is 0 Å². The summed E-state index contributed by atoms with van der Waals surface area (Å²) in [6.45, 7) is 12.1. The molecule has 1 aromatic heterocycles. The largest absolute Gasteiger partial charge is 0.351 e. The highest BCUT2D eigenvalue weighted by Crippen LogP contribution is 2.24. The fourth-order valence-corrected chi connectivity index (χ4v) is 4.38. The van der Waals surface area contributed by atoms with E-state index in [1.54, 1.807) is 11.3 Å². The first kappa shape index (κ1) is 21.2. The summed E-state index contributed by atoms with van der Waals surface area (Å²) >= 11 is 7.88. The summed E-state index contributed by atoms with van der Waals surface area (Å²) in [5.74, 6) is 0.0445. The first-order valence-electron chi connectivity index (χ1n) is 9.71. The van der Waals surface area contributed by atoms with E-state index in [1.165, 1.54) is 10.7 Å². The number of rotatable bonds is 6. The van der Waals surface area contributed by atoms with Crippen molar-refractivity contribution >= 4 is 28.8 Å². The Balaban J connectivity index is 1.39. The summed E-state index contributed by atoms with van der Waals surface area (Å²) < 4.78 is 0. The van der Waals surface area contributed by atoms with Crippen LogP contribution >= 0.6 is 22.9 Å². The highest BCUT2D eigenvalue weighted by atomic mass is 35.5. The summed E-state index contributed by atoms with van der Waals surface area (Å²) in [7, 11) is 0. The van der Waals surface area contributed by atoms with Crippen LogP contribution in [-0.2, 0) is 23.3 Å². The number of amides is 1. The van der Waals surface area contributed by atoms with Gasteiger partial charge in [0.05, 0.1) is 18.8 Å². The lowest BCUT2D eigenvalue weighted by atomic mass is 9.93. The van der Waals surface area contributed by atoms with Gasteiger partial charge in [-0.05, 0) is 11.6 Å². The van der Waals surface area contributed by atoms with Gasteiger partial charge in [0.15, 0.2) is 0 Å². The molecule has 5 nitrogen and oxygen atoms in total. The van der Waals surface area contributed by atoms with Gasteiger partial charge in [-0.15, -0.1) is 11.3 Å². The number of halogens is 1. The highest BCUT2D eigenvalue weighted by molar-refractivity contribution is 7.09. The van der Waals surface area contributed by atoms with Gasteiger partial charge in [-0.3, -0.25) is 14.6 Å². The average molecular weight is 421 g/mol. The first-order valence-corrected chi connectivity index (χ1v) is 11.0. The molecule has 0 aliphatic carbocycles. The number of thiazole rings is 1. The normalized spacial score (nSPS) is 16.3. The van der Waals surface area contributed by atoms with E-state index in [9.17, 15) is 4.79 Å². The minimum atomic E-state index is 0.0445. The Morgan fingerprint density at radius 1 is 1.18 bits per heavy atom. The number of nitrogens with one attached hydrogen (secondary N) is 1. The first-order chi connectivity index (χ1) is 13.3. The van der Waals surface area contributed by atoms with Crippen LogP contribution in [0.2, 0.25) is 5.02 Å². The van der Waals surface area contributed by atoms with Crippen LogP contribution in [0.1, 0.15) is 37.0 Å². The van der Waals surface area contributed by atoms with Crippen LogP contribution in [0.4, 0.5) is 0 Å². The SMILES string of the molecule is CC(C)(C)c1csc(CN2CCN(CC(=O)NCc3ccccc3Cl)CC2)n1. The molecule has 0 atom stereocenters. The maximum Gasteiger partial charge on any atom is 0.234 e. The molecular formula is C21H29ClN4OS. The molecule has 0 radical (unpaired) electrons. The van der Waals surface area contributed by atoms with Gasteiger partial charge in [-0.25, -0.2) is 4.98 Å². The summed E-state index contributed by atoms with van der Waals surface area (Å²) in [6.07, 6.45) is 0. The van der Waals surface area contributed by atoms with Gasteiger partial charge in [0.1, 0.15) is 5.01 Å². The van der Waals surface area contributed by atoms with Crippen LogP contribution in [-0.4, -0.2) is 53.4 Å². The fourth-order valence-electron chi connectivity index (χ4n) is 3.12. The van der Waals surface area contributed by atoms with Gasteiger partial charge < -0.3 is 5.32 Å². The lowest BCUT2D eigenvalue weighted by Gasteiger charge is -2.33. The molecular weight excluding hydrogens is 392 g/mol. The Morgan fingerprint density at radius 3 is 2.50 bits per heavy atom. The number of benzene rings is 1. The Labute approximate surface area is 176 Å². The Bertz CT molecular complexity index is 794. The van der Waals surface area contributed by atoms with E-state index < -0.39 is 0 Å². The van der Waals surface area contributed by atoms with Crippen molar-refractivity contribution in [3.63, 3.8) is 0 Å². The predicted octanol–water partition coefficient (Wildman–Crippen LogP) is 3.53. The monoisotopic (exact) mass is 420 g/mol. The van der Waals surface area contributed by atoms with E-state index in [-0.39, 0.29) is 11.3 Å². The second-order valence-electron chi connectivity index (χ2n) is 8.30. The van der Waals surface area contributed by atoms with Gasteiger partial charge in [-0.2, -0.15) is 0 Å². The summed E-state index contributed by atoms with van der Waals surface area (Å²) in [5, 5.41) is 7.01. The standard InChI is InChI=1S/C21H29ClN4OS/c1-21(2,3)18-15-28-20(24-18)14-26-10-8-25(9-11-26)13-19(27)23-12-16-6-4-5-7-17(16)22/h4-7,15H,8-14H2,1-3H3,(H,23,27). The molecule has 1 fully saturated rings. The van der Waals surface area contributed by atoms with Crippen molar-refractivity contribution < 1.29 is 4.79 Å². The van der Waals surface area contributed by atoms with E-state index in [1.807, 2.05) is 24.3 Å². The number of carbonyl (C=O) groups excluding carboxylic acids is 1. The van der Waals surface area contributed by atoms with Crippen LogP contribution in [0.15, 0.2) is 29.6 Å². The summed E-state index contributed by atoms with van der Waals surface area (Å²) in [6, 6.07) is 7.60. The van der Waals surface area contributed by atoms with Crippen LogP contribution in [0.3, 0.4) is 0 Å². The minimum Gasteiger partial charge on any atom is -0.351 e. The molecule has 0 saturated carbocycles. The fraction of sp³-hybridized carbons (Fsp3) is 0.524. The summed E-state index contributed by atoms with van der Waals surface area (Å²) in [4.78, 5) is 21.7. The van der Waals surface area contributed by atoms with Crippen LogP contribution in [0.25, 0.3) is 0 Å². The van der Waals surface area contributed by atoms with Crippen LogP contribution in [0.5, 0.6) is 0 Å². The van der Waals surface area contributed by atoms with E-state index in [0.717, 1.165) is 38.3 Å². The third kappa shape index (κ3) is 6.01. The molecule has 1 aromatic carbocycles. The zero-order valence-corrected chi connectivity index (χ0v) is 18.4. The second kappa shape index (κ2) is 9.35. The zero-order valence-electron chi connectivity index (χ0n) is 16.9. The van der Waals surface area contributed by atoms with E-state index >= 15 is 0 Å². The average Bonchev–Trinajstić information content (AvgIpc) is 3.12. The number of nitrogens with zero attached hydrogens (tertiary/aromatic N) is 3. The second-order valence-corrected chi connectivity index (χ2v) is 9.65. The molecule has 3 rings (SSSR count). The molecule has 0 bridgehead atoms. The molecule has 1 amide bonds. The number of carbonyl (C=O) groups is 1. The highest BCUT2D eigenvalue weighted by Gasteiger charge is 2.21. The quantitative estimate of drug-likeness (QED) is 0.776. The summed E-state index contributed by atoms with van der Waals surface area (Å²) in [5.41, 5.74) is 2.21. The smallest absolute Gasteiger partial charge is 0.234 e. The molecule has 7 heteroatoms. The maximum absolute atomic E-state index is 12.2. The van der Waals surface area contributed by atoms with Crippen molar-refractivity contribution in [2.75, 3.05) is 32.7 Å². The van der Waals surface area contributed by atoms with Crippen molar-refractivity contribution in [1.29, 1.82) is 0 Å². The Hall–Kier alpha value is -1.47. The predicted molar refractivity (Wildman–Crippen MR) is 116 cm³/mol. The van der Waals surface area contributed by atoms with E-state index in [2.05, 4.69) is 41.3 Å². The van der Waals surface area contributed by atoms with Gasteiger partial charge in [-0.1, -0.05) is 50.6 Å². The lowest BCUT2D eigenvalue weighted by Crippen LogP contribution is -2.49.